The van der Waals surface area contributed by atoms with Crippen molar-refractivity contribution in [2.24, 2.45) is 11.8 Å². The summed E-state index contributed by atoms with van der Waals surface area (Å²) in [7, 11) is 0. The SMILES string of the molecule is CC(C)OC(=O)N[C@H](C(=O)NCC(C)C(CC(=O)O)c1ccccc1)C(C)C. The first-order valence-electron chi connectivity index (χ1n) is 9.63. The van der Waals surface area contributed by atoms with E-state index >= 15 is 0 Å². The largest absolute Gasteiger partial charge is 0.481 e. The number of aliphatic carboxylic acids is 1. The van der Waals surface area contributed by atoms with Gasteiger partial charge in [0, 0.05) is 6.54 Å². The summed E-state index contributed by atoms with van der Waals surface area (Å²) in [6.07, 6.45) is -0.934. The van der Waals surface area contributed by atoms with Crippen molar-refractivity contribution in [2.75, 3.05) is 6.54 Å². The minimum atomic E-state index is -0.884. The Kier molecular flexibility index (Phi) is 9.48. The molecule has 7 heteroatoms. The van der Waals surface area contributed by atoms with Crippen LogP contribution in [-0.2, 0) is 14.3 Å². The number of carboxylic acids is 1. The zero-order chi connectivity index (χ0) is 21.3. The summed E-state index contributed by atoms with van der Waals surface area (Å²) in [6.45, 7) is 9.35. The van der Waals surface area contributed by atoms with E-state index in [0.29, 0.717) is 6.54 Å². The first kappa shape index (κ1) is 23.5. The van der Waals surface area contributed by atoms with Gasteiger partial charge in [-0.3, -0.25) is 9.59 Å². The highest BCUT2D eigenvalue weighted by Gasteiger charge is 2.27. The second-order valence-electron chi connectivity index (χ2n) is 7.66. The van der Waals surface area contributed by atoms with Crippen LogP contribution in [0.25, 0.3) is 0 Å². The van der Waals surface area contributed by atoms with Gasteiger partial charge < -0.3 is 20.5 Å². The van der Waals surface area contributed by atoms with E-state index in [9.17, 15) is 19.5 Å². The quantitative estimate of drug-likeness (QED) is 0.567. The molecule has 0 bridgehead atoms. The number of benzene rings is 1. The molecule has 0 fully saturated rings. The van der Waals surface area contributed by atoms with Crippen LogP contribution in [0.1, 0.15) is 52.5 Å². The zero-order valence-corrected chi connectivity index (χ0v) is 17.3. The first-order chi connectivity index (χ1) is 13.1. The summed E-state index contributed by atoms with van der Waals surface area (Å²) in [5.74, 6) is -1.65. The fourth-order valence-corrected chi connectivity index (χ4v) is 2.96. The molecule has 1 rings (SSSR count). The summed E-state index contributed by atoms with van der Waals surface area (Å²) >= 11 is 0. The Morgan fingerprint density at radius 3 is 2.14 bits per heavy atom. The minimum absolute atomic E-state index is 0.0202. The van der Waals surface area contributed by atoms with Gasteiger partial charge in [0.2, 0.25) is 5.91 Å². The van der Waals surface area contributed by atoms with E-state index < -0.39 is 18.1 Å². The fraction of sp³-hybridized carbons (Fsp3) is 0.571. The number of amides is 2. The van der Waals surface area contributed by atoms with Gasteiger partial charge in [-0.25, -0.2) is 4.79 Å². The van der Waals surface area contributed by atoms with Crippen LogP contribution in [0.5, 0.6) is 0 Å². The second-order valence-corrected chi connectivity index (χ2v) is 7.66. The molecule has 1 aromatic carbocycles. The van der Waals surface area contributed by atoms with Crippen LogP contribution in [0.4, 0.5) is 4.79 Å². The molecule has 0 aliphatic carbocycles. The number of carboxylic acid groups (broad SMARTS) is 1. The molecule has 28 heavy (non-hydrogen) atoms. The Morgan fingerprint density at radius 1 is 1.04 bits per heavy atom. The van der Waals surface area contributed by atoms with Crippen molar-refractivity contribution in [2.45, 2.75) is 59.1 Å². The van der Waals surface area contributed by atoms with Crippen molar-refractivity contribution in [3.8, 4) is 0 Å². The third-order valence-corrected chi connectivity index (χ3v) is 4.47. The van der Waals surface area contributed by atoms with Crippen LogP contribution in [0, 0.1) is 11.8 Å². The third kappa shape index (κ3) is 7.98. The highest BCUT2D eigenvalue weighted by molar-refractivity contribution is 5.85. The van der Waals surface area contributed by atoms with E-state index in [1.54, 1.807) is 13.8 Å². The van der Waals surface area contributed by atoms with Gasteiger partial charge in [-0.1, -0.05) is 51.1 Å². The van der Waals surface area contributed by atoms with Gasteiger partial charge in [0.1, 0.15) is 6.04 Å². The predicted octanol–water partition coefficient (Wildman–Crippen LogP) is 3.16. The predicted molar refractivity (Wildman–Crippen MR) is 107 cm³/mol. The number of nitrogens with one attached hydrogen (secondary N) is 2. The molecule has 2 amide bonds. The van der Waals surface area contributed by atoms with E-state index in [1.807, 2.05) is 51.1 Å². The van der Waals surface area contributed by atoms with Crippen molar-refractivity contribution >= 4 is 18.0 Å². The zero-order valence-electron chi connectivity index (χ0n) is 17.3. The summed E-state index contributed by atoms with van der Waals surface area (Å²) in [5.41, 5.74) is 0.922. The lowest BCUT2D eigenvalue weighted by Gasteiger charge is -2.26. The molecular formula is C21H32N2O5. The topological polar surface area (TPSA) is 105 Å². The van der Waals surface area contributed by atoms with Crippen molar-refractivity contribution < 1.29 is 24.2 Å². The van der Waals surface area contributed by atoms with Crippen molar-refractivity contribution in [1.82, 2.24) is 10.6 Å². The maximum Gasteiger partial charge on any atom is 0.408 e. The number of carbonyl (C=O) groups excluding carboxylic acids is 2. The number of alkyl carbamates (subject to hydrolysis) is 1. The Labute approximate surface area is 166 Å². The monoisotopic (exact) mass is 392 g/mol. The van der Waals surface area contributed by atoms with Crippen molar-refractivity contribution in [3.63, 3.8) is 0 Å². The lowest BCUT2D eigenvalue weighted by atomic mass is 9.84. The third-order valence-electron chi connectivity index (χ3n) is 4.47. The van der Waals surface area contributed by atoms with Gasteiger partial charge in [-0.15, -0.1) is 0 Å². The van der Waals surface area contributed by atoms with Crippen LogP contribution >= 0.6 is 0 Å². The standard InChI is InChI=1S/C21H32N2O5/c1-13(2)19(23-21(27)28-14(3)4)20(26)22-12-15(5)17(11-18(24)25)16-9-7-6-8-10-16/h6-10,13-15,17,19H,11-12H2,1-5H3,(H,22,26)(H,23,27)(H,24,25)/t15?,17?,19-/m0/s1. The molecule has 156 valence electrons. The van der Waals surface area contributed by atoms with Crippen LogP contribution in [-0.4, -0.2) is 41.8 Å². The van der Waals surface area contributed by atoms with Gasteiger partial charge in [0.15, 0.2) is 0 Å². The van der Waals surface area contributed by atoms with E-state index in [0.717, 1.165) is 5.56 Å². The van der Waals surface area contributed by atoms with E-state index in [4.69, 9.17) is 4.74 Å². The maximum absolute atomic E-state index is 12.6. The molecule has 2 unspecified atom stereocenters. The number of hydrogen-bond acceptors (Lipinski definition) is 4. The number of hydrogen-bond donors (Lipinski definition) is 3. The van der Waals surface area contributed by atoms with Gasteiger partial charge >= 0.3 is 12.1 Å². The summed E-state index contributed by atoms with van der Waals surface area (Å²) in [4.78, 5) is 35.7. The molecule has 0 aliphatic heterocycles. The first-order valence-corrected chi connectivity index (χ1v) is 9.63. The van der Waals surface area contributed by atoms with Gasteiger partial charge in [-0.2, -0.15) is 0 Å². The highest BCUT2D eigenvalue weighted by atomic mass is 16.6. The molecule has 3 N–H and O–H groups in total. The molecule has 0 aromatic heterocycles. The molecule has 0 spiro atoms. The Bertz CT molecular complexity index is 645. The molecule has 0 heterocycles. The fourth-order valence-electron chi connectivity index (χ4n) is 2.96. The molecule has 0 saturated heterocycles. The van der Waals surface area contributed by atoms with E-state index in [1.165, 1.54) is 0 Å². The lowest BCUT2D eigenvalue weighted by molar-refractivity contribution is -0.137. The van der Waals surface area contributed by atoms with E-state index in [2.05, 4.69) is 10.6 Å². The van der Waals surface area contributed by atoms with Crippen LogP contribution in [0.2, 0.25) is 0 Å². The number of carbonyl (C=O) groups is 3. The summed E-state index contributed by atoms with van der Waals surface area (Å²) < 4.78 is 5.05. The molecule has 0 saturated carbocycles. The Hall–Kier alpha value is -2.57. The molecule has 7 nitrogen and oxygen atoms in total. The van der Waals surface area contributed by atoms with Crippen LogP contribution in [0.3, 0.4) is 0 Å². The highest BCUT2D eigenvalue weighted by Crippen LogP contribution is 2.27. The average Bonchev–Trinajstić information content (AvgIpc) is 2.61. The Morgan fingerprint density at radius 2 is 1.64 bits per heavy atom. The Balaban J connectivity index is 2.75. The molecule has 3 atom stereocenters. The number of rotatable bonds is 10. The van der Waals surface area contributed by atoms with Gasteiger partial charge in [-0.05, 0) is 37.2 Å². The van der Waals surface area contributed by atoms with Crippen LogP contribution < -0.4 is 10.6 Å². The van der Waals surface area contributed by atoms with Crippen molar-refractivity contribution in [3.05, 3.63) is 35.9 Å². The average molecular weight is 392 g/mol. The second kappa shape index (κ2) is 11.3. The number of ether oxygens (including phenoxy) is 1. The molecule has 1 aromatic rings. The smallest absolute Gasteiger partial charge is 0.408 e. The normalized spacial score (nSPS) is 14.2. The van der Waals surface area contributed by atoms with Gasteiger partial charge in [0.25, 0.3) is 0 Å². The lowest BCUT2D eigenvalue weighted by Crippen LogP contribution is -2.51. The molecule has 0 aliphatic rings. The summed E-state index contributed by atoms with van der Waals surface area (Å²) in [6, 6.07) is 8.68. The van der Waals surface area contributed by atoms with E-state index in [-0.39, 0.29) is 36.2 Å². The van der Waals surface area contributed by atoms with Crippen molar-refractivity contribution in [1.29, 1.82) is 0 Å². The van der Waals surface area contributed by atoms with Gasteiger partial charge in [0.05, 0.1) is 12.5 Å². The molecule has 0 radical (unpaired) electrons. The molecular weight excluding hydrogens is 360 g/mol. The summed E-state index contributed by atoms with van der Waals surface area (Å²) in [5, 5.41) is 14.7. The minimum Gasteiger partial charge on any atom is -0.481 e. The van der Waals surface area contributed by atoms with Crippen LogP contribution in [0.15, 0.2) is 30.3 Å². The maximum atomic E-state index is 12.6.